The third-order valence-corrected chi connectivity index (χ3v) is 3.70. The van der Waals surface area contributed by atoms with Crippen molar-refractivity contribution in [2.45, 2.75) is 39.2 Å². The van der Waals surface area contributed by atoms with Crippen LogP contribution >= 0.6 is 0 Å². The predicted molar refractivity (Wildman–Crippen MR) is 88.3 cm³/mol. The summed E-state index contributed by atoms with van der Waals surface area (Å²) in [6, 6.07) is 8.03. The van der Waals surface area contributed by atoms with Gasteiger partial charge >= 0.3 is 0 Å². The van der Waals surface area contributed by atoms with E-state index >= 15 is 0 Å². The first-order chi connectivity index (χ1) is 10.5. The number of nitrogens with zero attached hydrogens (tertiary/aromatic N) is 1. The molecular weight excluding hydrogens is 278 g/mol. The highest BCUT2D eigenvalue weighted by atomic mass is 16.2. The number of rotatable bonds is 9. The van der Waals surface area contributed by atoms with Crippen LogP contribution in [0.5, 0.6) is 0 Å². The van der Waals surface area contributed by atoms with Gasteiger partial charge < -0.3 is 16.0 Å². The lowest BCUT2D eigenvalue weighted by atomic mass is 10.0. The number of hydrogen-bond acceptors (Lipinski definition) is 3. The van der Waals surface area contributed by atoms with Crippen molar-refractivity contribution in [3.8, 4) is 0 Å². The van der Waals surface area contributed by atoms with E-state index in [1.807, 2.05) is 19.1 Å². The van der Waals surface area contributed by atoms with Crippen molar-refractivity contribution >= 4 is 11.8 Å². The molecule has 3 N–H and O–H groups in total. The van der Waals surface area contributed by atoms with Crippen molar-refractivity contribution < 1.29 is 9.59 Å². The average Bonchev–Trinajstić information content (AvgIpc) is 2.50. The summed E-state index contributed by atoms with van der Waals surface area (Å²) in [4.78, 5) is 25.1. The van der Waals surface area contributed by atoms with Crippen LogP contribution in [0.1, 0.15) is 43.9 Å². The summed E-state index contributed by atoms with van der Waals surface area (Å²) in [7, 11) is 1.79. The highest BCUT2D eigenvalue weighted by molar-refractivity contribution is 5.84. The average molecular weight is 305 g/mol. The van der Waals surface area contributed by atoms with Gasteiger partial charge in [-0.15, -0.1) is 0 Å². The first-order valence-electron chi connectivity index (χ1n) is 7.80. The van der Waals surface area contributed by atoms with Crippen molar-refractivity contribution in [2.75, 3.05) is 20.1 Å². The molecular formula is C17H27N3O2. The molecule has 0 radical (unpaired) electrons. The molecule has 0 aliphatic rings. The Hall–Kier alpha value is -1.88. The first kappa shape index (κ1) is 18.2. The number of hydrogen-bond donors (Lipinski definition) is 2. The van der Waals surface area contributed by atoms with E-state index in [4.69, 9.17) is 5.73 Å². The van der Waals surface area contributed by atoms with Crippen LogP contribution in [-0.4, -0.2) is 36.9 Å². The quantitative estimate of drug-likeness (QED) is 0.728. The smallest absolute Gasteiger partial charge is 0.237 e. The molecule has 5 heteroatoms. The number of nitrogens with two attached hydrogens (primary N) is 1. The largest absolute Gasteiger partial charge is 0.368 e. The van der Waals surface area contributed by atoms with Gasteiger partial charge in [0.15, 0.2) is 0 Å². The van der Waals surface area contributed by atoms with E-state index in [-0.39, 0.29) is 18.5 Å². The maximum Gasteiger partial charge on any atom is 0.237 e. The van der Waals surface area contributed by atoms with Crippen LogP contribution in [-0.2, 0) is 16.0 Å². The van der Waals surface area contributed by atoms with Crippen LogP contribution < -0.4 is 11.1 Å². The number of primary amides is 1. The molecule has 1 aromatic carbocycles. The number of carbonyl (C=O) groups excluding carboxylic acids is 2. The molecule has 0 fully saturated rings. The van der Waals surface area contributed by atoms with E-state index in [2.05, 4.69) is 24.4 Å². The van der Waals surface area contributed by atoms with Crippen LogP contribution in [0.4, 0.5) is 0 Å². The van der Waals surface area contributed by atoms with E-state index < -0.39 is 5.91 Å². The zero-order valence-corrected chi connectivity index (χ0v) is 13.8. The van der Waals surface area contributed by atoms with Gasteiger partial charge in [-0.1, -0.05) is 37.6 Å². The van der Waals surface area contributed by atoms with Gasteiger partial charge in [0.2, 0.25) is 11.8 Å². The molecule has 0 saturated carbocycles. The molecule has 0 aliphatic carbocycles. The minimum absolute atomic E-state index is 0.0551. The molecule has 0 bridgehead atoms. The summed E-state index contributed by atoms with van der Waals surface area (Å²) in [6.07, 6.45) is 2.49. The van der Waals surface area contributed by atoms with Gasteiger partial charge in [-0.05, 0) is 31.5 Å². The Morgan fingerprint density at radius 2 is 1.91 bits per heavy atom. The molecule has 0 heterocycles. The Balaban J connectivity index is 2.87. The van der Waals surface area contributed by atoms with Crippen molar-refractivity contribution in [3.05, 3.63) is 35.4 Å². The van der Waals surface area contributed by atoms with Gasteiger partial charge in [-0.2, -0.15) is 0 Å². The molecule has 1 rings (SSSR count). The summed E-state index contributed by atoms with van der Waals surface area (Å²) in [6.45, 7) is 4.59. The number of aryl methyl sites for hydroxylation is 1. The molecule has 122 valence electrons. The second-order valence-corrected chi connectivity index (χ2v) is 5.51. The Morgan fingerprint density at radius 3 is 2.41 bits per heavy atom. The zero-order chi connectivity index (χ0) is 16.5. The van der Waals surface area contributed by atoms with Crippen LogP contribution in [0.2, 0.25) is 0 Å². The monoisotopic (exact) mass is 305 g/mol. The van der Waals surface area contributed by atoms with Crippen molar-refractivity contribution in [3.63, 3.8) is 0 Å². The number of amides is 2. The van der Waals surface area contributed by atoms with Crippen LogP contribution in [0.25, 0.3) is 0 Å². The maximum absolute atomic E-state index is 12.3. The van der Waals surface area contributed by atoms with Crippen LogP contribution in [0.3, 0.4) is 0 Å². The normalized spacial score (nSPS) is 12.0. The molecule has 0 spiro atoms. The van der Waals surface area contributed by atoms with Gasteiger partial charge in [0.25, 0.3) is 0 Å². The highest BCUT2D eigenvalue weighted by Gasteiger charge is 2.22. The number of benzene rings is 1. The third-order valence-electron chi connectivity index (χ3n) is 3.70. The van der Waals surface area contributed by atoms with E-state index in [0.717, 1.165) is 18.4 Å². The fourth-order valence-electron chi connectivity index (χ4n) is 2.42. The lowest BCUT2D eigenvalue weighted by molar-refractivity contribution is -0.137. The van der Waals surface area contributed by atoms with Gasteiger partial charge in [0, 0.05) is 13.0 Å². The molecule has 22 heavy (non-hydrogen) atoms. The second kappa shape index (κ2) is 9.20. The van der Waals surface area contributed by atoms with Gasteiger partial charge in [0.05, 0.1) is 12.6 Å². The van der Waals surface area contributed by atoms with Crippen LogP contribution in [0.15, 0.2) is 24.3 Å². The fourth-order valence-corrected chi connectivity index (χ4v) is 2.42. The zero-order valence-electron chi connectivity index (χ0n) is 13.8. The molecule has 2 amide bonds. The minimum atomic E-state index is -0.493. The SMILES string of the molecule is CCCc1ccc(C(C)N(CC(N)=O)C(=O)CCNC)cc1. The maximum atomic E-state index is 12.3. The highest BCUT2D eigenvalue weighted by Crippen LogP contribution is 2.21. The van der Waals surface area contributed by atoms with Crippen molar-refractivity contribution in [2.24, 2.45) is 5.73 Å². The Morgan fingerprint density at radius 1 is 1.27 bits per heavy atom. The van der Waals surface area contributed by atoms with Crippen molar-refractivity contribution in [1.29, 1.82) is 0 Å². The Kier molecular flexibility index (Phi) is 7.60. The fraction of sp³-hybridized carbons (Fsp3) is 0.529. The summed E-state index contributed by atoms with van der Waals surface area (Å²) in [5.41, 5.74) is 7.58. The molecule has 1 atom stereocenters. The van der Waals surface area contributed by atoms with Gasteiger partial charge in [-0.25, -0.2) is 0 Å². The van der Waals surface area contributed by atoms with E-state index in [1.165, 1.54) is 5.56 Å². The third kappa shape index (κ3) is 5.48. The minimum Gasteiger partial charge on any atom is -0.368 e. The lowest BCUT2D eigenvalue weighted by Crippen LogP contribution is -2.41. The van der Waals surface area contributed by atoms with Gasteiger partial charge in [0.1, 0.15) is 0 Å². The van der Waals surface area contributed by atoms with E-state index in [1.54, 1.807) is 11.9 Å². The molecule has 0 saturated heterocycles. The molecule has 1 aromatic rings. The van der Waals surface area contributed by atoms with E-state index in [0.29, 0.717) is 13.0 Å². The summed E-state index contributed by atoms with van der Waals surface area (Å²) in [5.74, 6) is -0.564. The van der Waals surface area contributed by atoms with Crippen molar-refractivity contribution in [1.82, 2.24) is 10.2 Å². The van der Waals surface area contributed by atoms with Gasteiger partial charge in [-0.3, -0.25) is 9.59 Å². The predicted octanol–water partition coefficient (Wildman–Crippen LogP) is 1.62. The van der Waals surface area contributed by atoms with E-state index in [9.17, 15) is 9.59 Å². The molecule has 0 aliphatic heterocycles. The second-order valence-electron chi connectivity index (χ2n) is 5.51. The molecule has 0 aromatic heterocycles. The molecule has 1 unspecified atom stereocenters. The Bertz CT molecular complexity index is 485. The summed E-state index contributed by atoms with van der Waals surface area (Å²) < 4.78 is 0. The first-order valence-corrected chi connectivity index (χ1v) is 7.80. The lowest BCUT2D eigenvalue weighted by Gasteiger charge is -2.28. The topological polar surface area (TPSA) is 75.4 Å². The van der Waals surface area contributed by atoms with Crippen LogP contribution in [0, 0.1) is 0 Å². The summed E-state index contributed by atoms with van der Waals surface area (Å²) in [5, 5.41) is 2.94. The summed E-state index contributed by atoms with van der Waals surface area (Å²) >= 11 is 0. The standard InChI is InChI=1S/C17H27N3O2/c1-4-5-14-6-8-15(9-7-14)13(2)20(12-16(18)21)17(22)10-11-19-3/h6-9,13,19H,4-5,10-12H2,1-3H3,(H2,18,21). The Labute approximate surface area is 132 Å². The number of nitrogens with one attached hydrogen (secondary N) is 1. The number of carbonyl (C=O) groups is 2. The molecule has 5 nitrogen and oxygen atoms in total.